The van der Waals surface area contributed by atoms with Crippen LogP contribution >= 0.6 is 22.7 Å². The zero-order valence-electron chi connectivity index (χ0n) is 27.4. The first-order valence-corrected chi connectivity index (χ1v) is 17.8. The van der Waals surface area contributed by atoms with E-state index in [0.29, 0.717) is 27.5 Å². The molecule has 0 amide bonds. The summed E-state index contributed by atoms with van der Waals surface area (Å²) in [4.78, 5) is 34.8. The quantitative estimate of drug-likeness (QED) is 0.0610. The van der Waals surface area contributed by atoms with Gasteiger partial charge in [0.05, 0.1) is 34.6 Å². The Bertz CT molecular complexity index is 2600. The van der Waals surface area contributed by atoms with E-state index in [1.165, 1.54) is 22.7 Å². The zero-order chi connectivity index (χ0) is 36.3. The molecule has 260 valence electrons. The second-order valence-corrected chi connectivity index (χ2v) is 13.4. The highest BCUT2D eigenvalue weighted by atomic mass is 32.1. The van der Waals surface area contributed by atoms with Gasteiger partial charge in [0.2, 0.25) is 10.3 Å². The van der Waals surface area contributed by atoms with Crippen LogP contribution < -0.4 is 22.1 Å². The van der Waals surface area contributed by atoms with E-state index in [1.54, 1.807) is 59.6 Å². The third kappa shape index (κ3) is 7.04. The highest BCUT2D eigenvalue weighted by Gasteiger charge is 2.21. The Kier molecular flexibility index (Phi) is 9.02. The molecule has 4 heterocycles. The lowest BCUT2D eigenvalue weighted by atomic mass is 10.00. The van der Waals surface area contributed by atoms with E-state index in [1.807, 2.05) is 60.7 Å². The Labute approximate surface area is 307 Å². The van der Waals surface area contributed by atoms with Gasteiger partial charge in [0.1, 0.15) is 33.8 Å². The molecule has 0 saturated carbocycles. The van der Waals surface area contributed by atoms with E-state index in [9.17, 15) is 19.8 Å². The summed E-state index contributed by atoms with van der Waals surface area (Å²) in [5, 5.41) is 35.8. The molecule has 12 nitrogen and oxygen atoms in total. The Morgan fingerprint density at radius 2 is 1.06 bits per heavy atom. The molecule has 0 radical (unpaired) electrons. The molecule has 4 aromatic heterocycles. The van der Waals surface area contributed by atoms with Gasteiger partial charge in [-0.1, -0.05) is 72.8 Å². The molecule has 14 heteroatoms. The van der Waals surface area contributed by atoms with E-state index in [0.717, 1.165) is 22.3 Å². The molecule has 0 spiro atoms. The Morgan fingerprint density at radius 1 is 0.623 bits per heavy atom. The number of fused-ring (bicyclic) bond motifs is 2. The van der Waals surface area contributed by atoms with Crippen molar-refractivity contribution in [1.82, 2.24) is 9.97 Å². The number of rotatable bonds is 10. The minimum absolute atomic E-state index is 0.0624. The molecule has 0 unspecified atom stereocenters. The molecule has 0 saturated heterocycles. The first-order chi connectivity index (χ1) is 25.9. The number of hydrogen-bond acceptors (Lipinski definition) is 14. The van der Waals surface area contributed by atoms with E-state index in [2.05, 4.69) is 31.0 Å². The number of nitrogens with zero attached hydrogens (tertiary/aromatic N) is 4. The van der Waals surface area contributed by atoms with Crippen LogP contribution in [0.3, 0.4) is 0 Å². The second-order valence-electron chi connectivity index (χ2n) is 11.7. The maximum Gasteiger partial charge on any atom is 0.349 e. The lowest BCUT2D eigenvalue weighted by molar-refractivity contribution is 0.470. The van der Waals surface area contributed by atoms with Gasteiger partial charge < -0.3 is 19.0 Å². The summed E-state index contributed by atoms with van der Waals surface area (Å²) >= 11 is 2.45. The number of hydrazone groups is 2. The van der Waals surface area contributed by atoms with Crippen molar-refractivity contribution >= 4 is 67.3 Å². The molecule has 0 aliphatic carbocycles. The van der Waals surface area contributed by atoms with Crippen molar-refractivity contribution in [2.24, 2.45) is 10.2 Å². The molecule has 0 aliphatic rings. The van der Waals surface area contributed by atoms with Crippen molar-refractivity contribution in [3.8, 4) is 34.0 Å². The normalized spacial score (nSPS) is 11.6. The van der Waals surface area contributed by atoms with Crippen LogP contribution in [0.1, 0.15) is 22.3 Å². The maximum atomic E-state index is 13.0. The fraction of sp³-hybridized carbons (Fsp3) is 0.0256. The van der Waals surface area contributed by atoms with Crippen LogP contribution in [-0.2, 0) is 6.42 Å². The summed E-state index contributed by atoms with van der Waals surface area (Å²) in [5.41, 5.74) is 8.43. The van der Waals surface area contributed by atoms with Crippen LogP contribution in [-0.4, -0.2) is 32.6 Å². The highest BCUT2D eigenvalue weighted by Crippen LogP contribution is 2.37. The van der Waals surface area contributed by atoms with Gasteiger partial charge in [-0.05, 0) is 52.9 Å². The maximum absolute atomic E-state index is 13.0. The average Bonchev–Trinajstić information content (AvgIpc) is 3.83. The number of aromatic nitrogens is 2. The summed E-state index contributed by atoms with van der Waals surface area (Å²) in [7, 11) is 0. The predicted molar refractivity (Wildman–Crippen MR) is 209 cm³/mol. The standard InChI is InChI=1S/C39H26N6O6S2/c46-34-26-16-24(11-13-30(26)50-36(48)32(34)28-20-52-38(42-28)44-40-18-22-7-3-1-4-8-22)15-25-12-14-31-27(17-25)35(47)33(37(49)51-31)29-21-53-39(43-29)45-41-19-23-9-5-2-6-10-23/h1-14,16-21,46-47H,15H2,(H,42,44)(H,43,45)/b40-18+,41-19+. The molecule has 0 bridgehead atoms. The molecule has 4 aromatic carbocycles. The van der Waals surface area contributed by atoms with Gasteiger partial charge in [-0.25, -0.2) is 19.6 Å². The van der Waals surface area contributed by atoms with E-state index >= 15 is 0 Å². The molecule has 8 rings (SSSR count). The Hall–Kier alpha value is -6.90. The van der Waals surface area contributed by atoms with Gasteiger partial charge in [-0.3, -0.25) is 10.9 Å². The third-order valence-corrected chi connectivity index (χ3v) is 9.65. The van der Waals surface area contributed by atoms with Gasteiger partial charge in [0.25, 0.3) is 0 Å². The molecule has 0 fully saturated rings. The lowest BCUT2D eigenvalue weighted by Crippen LogP contribution is -2.05. The minimum Gasteiger partial charge on any atom is -0.506 e. The number of benzene rings is 4. The van der Waals surface area contributed by atoms with Gasteiger partial charge in [0.15, 0.2) is 0 Å². The molecular formula is C39H26N6O6S2. The lowest BCUT2D eigenvalue weighted by Gasteiger charge is -2.09. The third-order valence-electron chi connectivity index (χ3n) is 8.16. The van der Waals surface area contributed by atoms with E-state index in [-0.39, 0.29) is 45.2 Å². The zero-order valence-corrected chi connectivity index (χ0v) is 29.0. The van der Waals surface area contributed by atoms with Gasteiger partial charge >= 0.3 is 11.3 Å². The van der Waals surface area contributed by atoms with E-state index < -0.39 is 11.3 Å². The highest BCUT2D eigenvalue weighted by molar-refractivity contribution is 7.14. The summed E-state index contributed by atoms with van der Waals surface area (Å²) in [6.07, 6.45) is 3.67. The van der Waals surface area contributed by atoms with Crippen LogP contribution in [0.4, 0.5) is 10.3 Å². The molecule has 0 atom stereocenters. The molecule has 4 N–H and O–H groups in total. The van der Waals surface area contributed by atoms with Crippen molar-refractivity contribution < 1.29 is 19.0 Å². The molecule has 0 aliphatic heterocycles. The van der Waals surface area contributed by atoms with Gasteiger partial charge in [-0.2, -0.15) is 10.2 Å². The summed E-state index contributed by atoms with van der Waals surface area (Å²) < 4.78 is 11.1. The van der Waals surface area contributed by atoms with Crippen molar-refractivity contribution in [3.05, 3.63) is 151 Å². The SMILES string of the molecule is O=c1oc2ccc(Cc3ccc4oc(=O)c(-c5csc(N/N=C/c6ccccc6)n5)c(O)c4c3)cc2c(O)c1-c1csc(N/N=C/c2ccccc2)n1. The van der Waals surface area contributed by atoms with Crippen molar-refractivity contribution in [1.29, 1.82) is 0 Å². The minimum atomic E-state index is -0.724. The molecular weight excluding hydrogens is 713 g/mol. The summed E-state index contributed by atoms with van der Waals surface area (Å²) in [6, 6.07) is 29.4. The summed E-state index contributed by atoms with van der Waals surface area (Å²) in [6.45, 7) is 0. The van der Waals surface area contributed by atoms with Crippen LogP contribution in [0.5, 0.6) is 11.5 Å². The fourth-order valence-corrected chi connectivity index (χ4v) is 6.96. The number of thiazole rings is 2. The van der Waals surface area contributed by atoms with E-state index in [4.69, 9.17) is 8.83 Å². The monoisotopic (exact) mass is 738 g/mol. The second kappa shape index (κ2) is 14.4. The van der Waals surface area contributed by atoms with Crippen LogP contribution in [0.25, 0.3) is 44.5 Å². The predicted octanol–water partition coefficient (Wildman–Crippen LogP) is 8.04. The topological polar surface area (TPSA) is 175 Å². The van der Waals surface area contributed by atoms with Crippen molar-refractivity contribution in [2.75, 3.05) is 10.9 Å². The Balaban J connectivity index is 1.04. The van der Waals surface area contributed by atoms with Gasteiger partial charge in [-0.15, -0.1) is 22.7 Å². The Morgan fingerprint density at radius 3 is 1.49 bits per heavy atom. The van der Waals surface area contributed by atoms with Gasteiger partial charge in [0, 0.05) is 10.8 Å². The first-order valence-electron chi connectivity index (χ1n) is 16.1. The largest absolute Gasteiger partial charge is 0.506 e. The number of aromatic hydroxyl groups is 2. The van der Waals surface area contributed by atoms with Crippen molar-refractivity contribution in [2.45, 2.75) is 6.42 Å². The molecule has 8 aromatic rings. The van der Waals surface area contributed by atoms with Crippen LogP contribution in [0.15, 0.2) is 136 Å². The number of hydrogen-bond donors (Lipinski definition) is 4. The smallest absolute Gasteiger partial charge is 0.349 e. The van der Waals surface area contributed by atoms with Crippen LogP contribution in [0, 0.1) is 0 Å². The summed E-state index contributed by atoms with van der Waals surface area (Å²) in [5.74, 6) is -0.513. The average molecular weight is 739 g/mol. The number of anilines is 2. The van der Waals surface area contributed by atoms with Crippen LogP contribution in [0.2, 0.25) is 0 Å². The fourth-order valence-electron chi connectivity index (χ4n) is 5.66. The van der Waals surface area contributed by atoms with Crippen molar-refractivity contribution in [3.63, 3.8) is 0 Å². The first kappa shape index (κ1) is 33.3. The molecule has 53 heavy (non-hydrogen) atoms. The number of nitrogens with one attached hydrogen (secondary N) is 2.